The van der Waals surface area contributed by atoms with E-state index in [9.17, 15) is 45.6 Å². The van der Waals surface area contributed by atoms with Gasteiger partial charge in [0.1, 0.15) is 60.2 Å². The molecule has 0 bridgehead atoms. The number of hydrogen-bond donors (Lipinski definition) is 10. The smallest absolute Gasteiger partial charge is 0.245 e. The van der Waals surface area contributed by atoms with Gasteiger partial charge in [0, 0.05) is 14.2 Å². The normalized spacial score (nSPS) is 13.2. The molecule has 8 aromatic carbocycles. The molecule has 8 aromatic rings. The minimum Gasteiger partial charge on any atom is -0.508 e. The van der Waals surface area contributed by atoms with Crippen LogP contribution in [-0.4, -0.2) is 109 Å². The topological polar surface area (TPSA) is 202 Å². The predicted octanol–water partition coefficient (Wildman–Crippen LogP) is 5.04. The molecule has 0 atom stereocenters. The summed E-state index contributed by atoms with van der Waals surface area (Å²) in [6.07, 6.45) is 0. The monoisotopic (exact) mass is 1120 g/mol. The molecule has 0 fully saturated rings. The second-order valence-electron chi connectivity index (χ2n) is 21.8. The van der Waals surface area contributed by atoms with Gasteiger partial charge in [0.25, 0.3) is 0 Å². The van der Waals surface area contributed by atoms with Crippen LogP contribution in [0.3, 0.4) is 0 Å². The predicted molar refractivity (Wildman–Crippen MR) is 319 cm³/mol. The van der Waals surface area contributed by atoms with E-state index in [0.29, 0.717) is 10.4 Å². The molecule has 10 N–H and O–H groups in total. The van der Waals surface area contributed by atoms with E-state index in [0.717, 1.165) is 31.1 Å². The van der Waals surface area contributed by atoms with Crippen LogP contribution in [0.4, 0.5) is 0 Å². The fourth-order valence-electron chi connectivity index (χ4n) is 12.7. The molecule has 0 aliphatic heterocycles. The quantitative estimate of drug-likeness (QED) is 0.0621. The molecule has 8 rings (SSSR count). The average Bonchev–Trinajstić information content (AvgIpc) is 3.36. The number of phenols is 8. The Bertz CT molecular complexity index is 3060. The minimum absolute atomic E-state index is 0.00257. The van der Waals surface area contributed by atoms with E-state index < -0.39 is 58.3 Å². The van der Waals surface area contributed by atoms with Gasteiger partial charge in [-0.3, -0.25) is 0 Å². The fraction of sp³-hybridized carbons (Fsp3) is 0.143. The van der Waals surface area contributed by atoms with E-state index in [1.54, 1.807) is 121 Å². The second-order valence-corrected chi connectivity index (χ2v) is 96.0. The van der Waals surface area contributed by atoms with E-state index in [4.69, 9.17) is 0 Å². The molecule has 382 valence electrons. The SMILES string of the molecule is C[Si](C)(O)[Si](C)(C)[Si](C)(C)[Si](C)(C)[Si](c1ccc(O)cc1)(c1ccc(O)cc1)[Si](c1ccc(O)cc1)(c1ccc(O)cc1)[Si](c1ccc(O)cc1)(c1ccc(O)cc1)[Si](O)(c1ccc(O)cc1)c1ccc(O)cc1. The third-order valence-corrected chi connectivity index (χ3v) is 162. The number of hydrogen-bond acceptors (Lipinski definition) is 10. The highest BCUT2D eigenvalue weighted by Gasteiger charge is 2.83. The van der Waals surface area contributed by atoms with Crippen LogP contribution in [0.1, 0.15) is 0 Å². The van der Waals surface area contributed by atoms with Crippen molar-refractivity contribution in [1.29, 1.82) is 0 Å². The Morgan fingerprint density at radius 2 is 0.378 bits per heavy atom. The molecular formula is C56H66O10Si8. The first kappa shape index (κ1) is 54.1. The lowest BCUT2D eigenvalue weighted by molar-refractivity contribution is 0.474. The molecule has 0 aliphatic carbocycles. The molecule has 0 spiro atoms. The summed E-state index contributed by atoms with van der Waals surface area (Å²) < 4.78 is 0. The third-order valence-electron chi connectivity index (χ3n) is 17.6. The van der Waals surface area contributed by atoms with Crippen LogP contribution < -0.4 is 41.5 Å². The Hall–Kier alpha value is -6.18. The zero-order valence-corrected chi connectivity index (χ0v) is 50.9. The maximum absolute atomic E-state index is 16.2. The summed E-state index contributed by atoms with van der Waals surface area (Å²) >= 11 is 0. The van der Waals surface area contributed by atoms with Crippen molar-refractivity contribution in [3.8, 4) is 46.0 Å². The van der Waals surface area contributed by atoms with Crippen molar-refractivity contribution < 1.29 is 50.4 Å². The average molecular weight is 1120 g/mol. The van der Waals surface area contributed by atoms with Gasteiger partial charge < -0.3 is 50.4 Å². The summed E-state index contributed by atoms with van der Waals surface area (Å²) in [6, 6.07) is 57.5. The maximum atomic E-state index is 16.2. The van der Waals surface area contributed by atoms with Gasteiger partial charge in [0.2, 0.25) is 7.83 Å². The van der Waals surface area contributed by atoms with Gasteiger partial charge >= 0.3 is 0 Å². The molecule has 0 aliphatic rings. The van der Waals surface area contributed by atoms with Crippen LogP contribution in [-0.2, 0) is 0 Å². The lowest BCUT2D eigenvalue weighted by atomic mass is 10.3. The largest absolute Gasteiger partial charge is 0.508 e. The first-order valence-electron chi connectivity index (χ1n) is 24.6. The van der Waals surface area contributed by atoms with Crippen molar-refractivity contribution in [2.45, 2.75) is 52.4 Å². The van der Waals surface area contributed by atoms with Crippen LogP contribution in [0.15, 0.2) is 194 Å². The first-order chi connectivity index (χ1) is 34.7. The summed E-state index contributed by atoms with van der Waals surface area (Å²) in [5.74, 6) is -0.00915. The summed E-state index contributed by atoms with van der Waals surface area (Å²) in [5.41, 5.74) is 0. The van der Waals surface area contributed by atoms with Gasteiger partial charge in [-0.15, -0.1) is 0 Å². The molecule has 0 unspecified atom stereocenters. The zero-order chi connectivity index (χ0) is 53.9. The van der Waals surface area contributed by atoms with E-state index in [-0.39, 0.29) is 46.0 Å². The second kappa shape index (κ2) is 19.5. The highest BCUT2D eigenvalue weighted by atomic mass is 30.1. The maximum Gasteiger partial charge on any atom is 0.245 e. The molecule has 0 heterocycles. The van der Waals surface area contributed by atoms with Crippen molar-refractivity contribution >= 4 is 99.8 Å². The molecule has 74 heavy (non-hydrogen) atoms. The third kappa shape index (κ3) is 8.09. The van der Waals surface area contributed by atoms with Gasteiger partial charge in [-0.25, -0.2) is 0 Å². The Balaban J connectivity index is 1.92. The van der Waals surface area contributed by atoms with Crippen molar-refractivity contribution in [2.75, 3.05) is 0 Å². The van der Waals surface area contributed by atoms with Gasteiger partial charge in [-0.1, -0.05) is 167 Å². The van der Waals surface area contributed by atoms with Gasteiger partial charge in [-0.2, -0.15) is 0 Å². The molecule has 0 amide bonds. The molecule has 0 saturated heterocycles. The highest BCUT2D eigenvalue weighted by Crippen LogP contribution is 2.46. The van der Waals surface area contributed by atoms with Crippen LogP contribution in [0.2, 0.25) is 52.4 Å². The Morgan fingerprint density at radius 3 is 0.581 bits per heavy atom. The Morgan fingerprint density at radius 1 is 0.203 bits per heavy atom. The van der Waals surface area contributed by atoms with E-state index in [2.05, 4.69) is 52.4 Å². The standard InChI is InChI=1S/C56H66O10Si8/c1-67(2,65)68(3,4)69(5,6)70(7,8)72(51-29-13-43(59)14-30-51,52-31-15-44(60)16-32-52)74(55-37-21-47(63)22-38-55,56-39-23-48(64)24-40-56)73(53-33-17-45(61)18-34-53,54-35-19-46(62)20-36-54)71(66,49-25-9-41(57)10-26-49)50-27-11-42(58)12-28-50/h9-40,57-66H,1-8H3. The van der Waals surface area contributed by atoms with E-state index in [1.165, 1.54) is 0 Å². The molecule has 0 aromatic heterocycles. The fourth-order valence-corrected chi connectivity index (χ4v) is 228. The summed E-state index contributed by atoms with van der Waals surface area (Å²) in [4.78, 5) is 29.1. The van der Waals surface area contributed by atoms with E-state index >= 15 is 4.80 Å². The minimum atomic E-state index is -4.86. The molecule has 18 heteroatoms. The number of phenolic OH excluding ortho intramolecular Hbond substituents is 8. The summed E-state index contributed by atoms with van der Waals surface area (Å²) in [5, 5.41) is 97.5. The first-order valence-corrected chi connectivity index (χ1v) is 51.5. The van der Waals surface area contributed by atoms with Crippen molar-refractivity contribution in [3.05, 3.63) is 194 Å². The van der Waals surface area contributed by atoms with Gasteiger partial charge in [-0.05, 0) is 121 Å². The Kier molecular flexibility index (Phi) is 14.3. The van der Waals surface area contributed by atoms with Gasteiger partial charge in [0.05, 0.1) is 7.11 Å². The van der Waals surface area contributed by atoms with E-state index in [1.807, 2.05) is 72.8 Å². The van der Waals surface area contributed by atoms with Crippen molar-refractivity contribution in [1.82, 2.24) is 0 Å². The molecule has 0 saturated carbocycles. The van der Waals surface area contributed by atoms with Crippen molar-refractivity contribution in [3.63, 3.8) is 0 Å². The Labute approximate surface area is 440 Å². The van der Waals surface area contributed by atoms with Crippen LogP contribution in [0.25, 0.3) is 0 Å². The van der Waals surface area contributed by atoms with Crippen LogP contribution >= 0.6 is 0 Å². The zero-order valence-electron chi connectivity index (χ0n) is 42.9. The van der Waals surface area contributed by atoms with Gasteiger partial charge in [0.15, 0.2) is 14.9 Å². The number of rotatable bonds is 15. The number of benzene rings is 8. The molecule has 0 radical (unpaired) electrons. The summed E-state index contributed by atoms with van der Waals surface area (Å²) in [6.45, 7) is 18.8. The number of aromatic hydroxyl groups is 8. The summed E-state index contributed by atoms with van der Waals surface area (Å²) in [7, 11) is -30.7. The lowest BCUT2D eigenvalue weighted by Crippen LogP contribution is -3.11. The van der Waals surface area contributed by atoms with Crippen LogP contribution in [0.5, 0.6) is 46.0 Å². The molecular weight excluding hydrogens is 1060 g/mol. The lowest BCUT2D eigenvalue weighted by Gasteiger charge is -2.69. The van der Waals surface area contributed by atoms with Crippen LogP contribution in [0, 0.1) is 0 Å². The van der Waals surface area contributed by atoms with Crippen molar-refractivity contribution in [2.24, 2.45) is 0 Å². The molecule has 10 nitrogen and oxygen atoms in total. The highest BCUT2D eigenvalue weighted by molar-refractivity contribution is 8.12.